The van der Waals surface area contributed by atoms with Crippen molar-refractivity contribution >= 4 is 5.97 Å². The minimum absolute atomic E-state index is 0.594. The molecule has 2 rings (SSSR count). The molecule has 0 aromatic heterocycles. The number of nitrogens with zero attached hydrogens (tertiary/aromatic N) is 1. The lowest BCUT2D eigenvalue weighted by molar-refractivity contribution is -0.143. The molecule has 1 aromatic carbocycles. The molecule has 21 heavy (non-hydrogen) atoms. The number of aliphatic carboxylic acids is 1. The number of carbonyl (C=O) groups is 1. The van der Waals surface area contributed by atoms with Crippen LogP contribution in [0.25, 0.3) is 0 Å². The summed E-state index contributed by atoms with van der Waals surface area (Å²) < 4.78 is 10.5. The molecule has 1 fully saturated rings. The Kier molecular flexibility index (Phi) is 4.85. The van der Waals surface area contributed by atoms with Crippen LogP contribution in [0.15, 0.2) is 30.4 Å². The van der Waals surface area contributed by atoms with E-state index in [2.05, 4.69) is 6.58 Å². The number of piperidine rings is 1. The standard InChI is InChI=1S/C16H21NO4/c1-11-4-6-17(7-5-11)15(16(18)19)12-8-13(20-2)10-14(9-12)21-3/h8-10,15H,1,4-7H2,2-3H3,(H,18,19). The molecule has 1 saturated heterocycles. The number of hydrogen-bond acceptors (Lipinski definition) is 4. The maximum absolute atomic E-state index is 11.7. The third-order valence-corrected chi connectivity index (χ3v) is 3.79. The van der Waals surface area contributed by atoms with Crippen LogP contribution in [0.1, 0.15) is 24.4 Å². The first kappa shape index (κ1) is 15.4. The van der Waals surface area contributed by atoms with Crippen LogP contribution in [0.2, 0.25) is 0 Å². The summed E-state index contributed by atoms with van der Waals surface area (Å²) in [4.78, 5) is 13.7. The van der Waals surface area contributed by atoms with Crippen molar-refractivity contribution in [2.75, 3.05) is 27.3 Å². The lowest BCUT2D eigenvalue weighted by atomic mass is 9.99. The summed E-state index contributed by atoms with van der Waals surface area (Å²) in [5.41, 5.74) is 1.85. The van der Waals surface area contributed by atoms with Crippen LogP contribution in [0, 0.1) is 0 Å². The van der Waals surface area contributed by atoms with Gasteiger partial charge in [-0.2, -0.15) is 0 Å². The van der Waals surface area contributed by atoms with Crippen molar-refractivity contribution in [1.82, 2.24) is 4.90 Å². The molecule has 5 heteroatoms. The molecule has 0 amide bonds. The first-order valence-electron chi connectivity index (χ1n) is 6.91. The summed E-state index contributed by atoms with van der Waals surface area (Å²) in [5.74, 6) is 0.326. The average Bonchev–Trinajstić information content (AvgIpc) is 2.48. The number of methoxy groups -OCH3 is 2. The van der Waals surface area contributed by atoms with E-state index in [4.69, 9.17) is 9.47 Å². The number of benzene rings is 1. The summed E-state index contributed by atoms with van der Waals surface area (Å²) in [6.07, 6.45) is 1.68. The van der Waals surface area contributed by atoms with Crippen molar-refractivity contribution in [2.24, 2.45) is 0 Å². The van der Waals surface area contributed by atoms with Gasteiger partial charge in [-0.1, -0.05) is 12.2 Å². The van der Waals surface area contributed by atoms with Crippen LogP contribution in [0.5, 0.6) is 11.5 Å². The zero-order valence-corrected chi connectivity index (χ0v) is 12.5. The average molecular weight is 291 g/mol. The zero-order valence-electron chi connectivity index (χ0n) is 12.5. The van der Waals surface area contributed by atoms with E-state index in [-0.39, 0.29) is 0 Å². The first-order chi connectivity index (χ1) is 10.0. The predicted molar refractivity (Wildman–Crippen MR) is 79.9 cm³/mol. The molecule has 0 aliphatic carbocycles. The zero-order chi connectivity index (χ0) is 15.4. The third-order valence-electron chi connectivity index (χ3n) is 3.79. The van der Waals surface area contributed by atoms with Crippen molar-refractivity contribution in [3.8, 4) is 11.5 Å². The minimum atomic E-state index is -0.863. The number of rotatable bonds is 5. The van der Waals surface area contributed by atoms with Gasteiger partial charge in [0.25, 0.3) is 0 Å². The number of carboxylic acid groups (broad SMARTS) is 1. The molecule has 1 unspecified atom stereocenters. The van der Waals surface area contributed by atoms with Crippen molar-refractivity contribution in [3.05, 3.63) is 35.9 Å². The molecule has 1 heterocycles. The Labute approximate surface area is 124 Å². The molecular formula is C16H21NO4. The highest BCUT2D eigenvalue weighted by atomic mass is 16.5. The van der Waals surface area contributed by atoms with Gasteiger partial charge in [0, 0.05) is 19.2 Å². The molecule has 1 aliphatic heterocycles. The van der Waals surface area contributed by atoms with Crippen molar-refractivity contribution in [1.29, 1.82) is 0 Å². The highest BCUT2D eigenvalue weighted by Crippen LogP contribution is 2.31. The summed E-state index contributed by atoms with van der Waals surface area (Å²) in [6, 6.07) is 4.55. The van der Waals surface area contributed by atoms with Crippen molar-refractivity contribution in [3.63, 3.8) is 0 Å². The van der Waals surface area contributed by atoms with Crippen LogP contribution >= 0.6 is 0 Å². The number of ether oxygens (including phenoxy) is 2. The van der Waals surface area contributed by atoms with Gasteiger partial charge in [0.1, 0.15) is 17.5 Å². The van der Waals surface area contributed by atoms with Crippen LogP contribution in [0.3, 0.4) is 0 Å². The Bertz CT molecular complexity index is 509. The van der Waals surface area contributed by atoms with Gasteiger partial charge in [-0.05, 0) is 30.5 Å². The van der Waals surface area contributed by atoms with Crippen LogP contribution in [-0.4, -0.2) is 43.3 Å². The second-order valence-corrected chi connectivity index (χ2v) is 5.17. The third kappa shape index (κ3) is 3.55. The van der Waals surface area contributed by atoms with E-state index in [1.807, 2.05) is 4.90 Å². The largest absolute Gasteiger partial charge is 0.497 e. The van der Waals surface area contributed by atoms with E-state index in [0.717, 1.165) is 12.8 Å². The minimum Gasteiger partial charge on any atom is -0.497 e. The maximum Gasteiger partial charge on any atom is 0.325 e. The maximum atomic E-state index is 11.7. The molecule has 1 N–H and O–H groups in total. The van der Waals surface area contributed by atoms with Gasteiger partial charge >= 0.3 is 5.97 Å². The van der Waals surface area contributed by atoms with E-state index >= 15 is 0 Å². The highest BCUT2D eigenvalue weighted by Gasteiger charge is 2.30. The first-order valence-corrected chi connectivity index (χ1v) is 6.91. The van der Waals surface area contributed by atoms with Gasteiger partial charge in [0.05, 0.1) is 14.2 Å². The van der Waals surface area contributed by atoms with Gasteiger partial charge in [0.15, 0.2) is 0 Å². The fraction of sp³-hybridized carbons (Fsp3) is 0.438. The second-order valence-electron chi connectivity index (χ2n) is 5.17. The molecule has 0 bridgehead atoms. The molecule has 1 aliphatic rings. The SMILES string of the molecule is C=C1CCN(C(C(=O)O)c2cc(OC)cc(OC)c2)CC1. The normalized spacial score (nSPS) is 17.3. The topological polar surface area (TPSA) is 59.0 Å². The van der Waals surface area contributed by atoms with Crippen molar-refractivity contribution < 1.29 is 19.4 Å². The van der Waals surface area contributed by atoms with Crippen LogP contribution in [-0.2, 0) is 4.79 Å². The Morgan fingerprint density at radius 1 is 1.19 bits per heavy atom. The molecule has 1 aromatic rings. The van der Waals surface area contributed by atoms with Gasteiger partial charge in [-0.3, -0.25) is 9.69 Å². The molecule has 114 valence electrons. The quantitative estimate of drug-likeness (QED) is 0.845. The van der Waals surface area contributed by atoms with E-state index in [1.165, 1.54) is 5.57 Å². The lowest BCUT2D eigenvalue weighted by Crippen LogP contribution is -2.38. The van der Waals surface area contributed by atoms with E-state index < -0.39 is 12.0 Å². The van der Waals surface area contributed by atoms with Gasteiger partial charge < -0.3 is 14.6 Å². The fourth-order valence-corrected chi connectivity index (χ4v) is 2.60. The molecule has 5 nitrogen and oxygen atoms in total. The molecule has 0 radical (unpaired) electrons. The summed E-state index contributed by atoms with van der Waals surface area (Å²) in [7, 11) is 3.11. The summed E-state index contributed by atoms with van der Waals surface area (Å²) in [6.45, 7) is 5.37. The molecule has 1 atom stereocenters. The van der Waals surface area contributed by atoms with Crippen LogP contribution in [0.4, 0.5) is 0 Å². The van der Waals surface area contributed by atoms with Gasteiger partial charge in [-0.25, -0.2) is 0 Å². The monoisotopic (exact) mass is 291 g/mol. The van der Waals surface area contributed by atoms with E-state index in [9.17, 15) is 9.90 Å². The Morgan fingerprint density at radius 2 is 1.71 bits per heavy atom. The molecule has 0 spiro atoms. The van der Waals surface area contributed by atoms with E-state index in [1.54, 1.807) is 32.4 Å². The van der Waals surface area contributed by atoms with Crippen molar-refractivity contribution in [2.45, 2.75) is 18.9 Å². The Hall–Kier alpha value is -2.01. The van der Waals surface area contributed by atoms with Crippen LogP contribution < -0.4 is 9.47 Å². The summed E-state index contributed by atoms with van der Waals surface area (Å²) >= 11 is 0. The predicted octanol–water partition coefficient (Wildman–Crippen LogP) is 2.48. The summed E-state index contributed by atoms with van der Waals surface area (Å²) in [5, 5.41) is 9.63. The number of carboxylic acids is 1. The van der Waals surface area contributed by atoms with Gasteiger partial charge in [-0.15, -0.1) is 0 Å². The van der Waals surface area contributed by atoms with E-state index in [0.29, 0.717) is 30.2 Å². The Morgan fingerprint density at radius 3 is 2.14 bits per heavy atom. The molecular weight excluding hydrogens is 270 g/mol. The lowest BCUT2D eigenvalue weighted by Gasteiger charge is -2.33. The molecule has 0 saturated carbocycles. The number of likely N-dealkylation sites (tertiary alicyclic amines) is 1. The number of hydrogen-bond donors (Lipinski definition) is 1. The second kappa shape index (κ2) is 6.63. The fourth-order valence-electron chi connectivity index (χ4n) is 2.60. The Balaban J connectivity index is 2.33. The van der Waals surface area contributed by atoms with Gasteiger partial charge in [0.2, 0.25) is 0 Å². The highest BCUT2D eigenvalue weighted by molar-refractivity contribution is 5.76. The smallest absolute Gasteiger partial charge is 0.325 e.